The molecule has 2 aliphatic rings. The van der Waals surface area contributed by atoms with E-state index in [1.54, 1.807) is 12.0 Å². The van der Waals surface area contributed by atoms with Crippen LogP contribution in [0.15, 0.2) is 48.5 Å². The summed E-state index contributed by atoms with van der Waals surface area (Å²) in [5.41, 5.74) is 1.66. The molecule has 2 fully saturated rings. The normalized spacial score (nSPS) is 19.3. The van der Waals surface area contributed by atoms with E-state index in [1.807, 2.05) is 12.1 Å². The third-order valence-corrected chi connectivity index (χ3v) is 7.47. The highest BCUT2D eigenvalue weighted by molar-refractivity contribution is 5.91. The second kappa shape index (κ2) is 11.8. The highest BCUT2D eigenvalue weighted by atomic mass is 19.1. The van der Waals surface area contributed by atoms with Crippen LogP contribution in [0.2, 0.25) is 0 Å². The lowest BCUT2D eigenvalue weighted by Gasteiger charge is -2.43. The van der Waals surface area contributed by atoms with E-state index >= 15 is 0 Å². The molecular formula is C28H34F2N2O3. The smallest absolute Gasteiger partial charge is 0.246 e. The molecule has 1 atom stereocenters. The van der Waals surface area contributed by atoms with Gasteiger partial charge in [-0.3, -0.25) is 9.69 Å². The molecular weight excluding hydrogens is 450 g/mol. The molecule has 5 nitrogen and oxygen atoms in total. The first-order valence-corrected chi connectivity index (χ1v) is 12.4. The van der Waals surface area contributed by atoms with Gasteiger partial charge in [0.15, 0.2) is 0 Å². The van der Waals surface area contributed by atoms with Crippen molar-refractivity contribution in [2.24, 2.45) is 5.92 Å². The average molecular weight is 485 g/mol. The van der Waals surface area contributed by atoms with Crippen LogP contribution in [0.3, 0.4) is 0 Å². The second-order valence-electron chi connectivity index (χ2n) is 9.53. The third kappa shape index (κ3) is 6.47. The van der Waals surface area contributed by atoms with Gasteiger partial charge in [-0.15, -0.1) is 0 Å². The Morgan fingerprint density at radius 2 is 1.66 bits per heavy atom. The zero-order valence-corrected chi connectivity index (χ0v) is 20.2. The standard InChI is InChI=1S/C28H34F2N2O3/c1-35-26-5-3-21(4-6-26)22-8-12-31(13-9-22)27(19-33)23-10-14-32(15-11-23)28(34)7-2-20-16-24(29)18-25(30)17-20/h2-7,16-18,22-23,27,33H,8-15,19H2,1H3. The number of aliphatic hydroxyl groups is 1. The van der Waals surface area contributed by atoms with Crippen LogP contribution in [-0.2, 0) is 4.79 Å². The first kappa shape index (κ1) is 25.3. The maximum Gasteiger partial charge on any atom is 0.246 e. The average Bonchev–Trinajstić information content (AvgIpc) is 2.88. The largest absolute Gasteiger partial charge is 0.497 e. The van der Waals surface area contributed by atoms with Crippen molar-refractivity contribution in [3.63, 3.8) is 0 Å². The summed E-state index contributed by atoms with van der Waals surface area (Å²) in [6.45, 7) is 3.26. The number of carbonyl (C=O) groups excluding carboxylic acids is 1. The fraction of sp³-hybridized carbons (Fsp3) is 0.464. The van der Waals surface area contributed by atoms with Crippen molar-refractivity contribution in [3.05, 3.63) is 71.3 Å². The summed E-state index contributed by atoms with van der Waals surface area (Å²) in [5, 5.41) is 10.2. The molecule has 0 saturated carbocycles. The summed E-state index contributed by atoms with van der Waals surface area (Å²) in [6.07, 6.45) is 6.61. The molecule has 2 aromatic rings. The Hall–Kier alpha value is -2.77. The van der Waals surface area contributed by atoms with E-state index in [2.05, 4.69) is 17.0 Å². The first-order chi connectivity index (χ1) is 17.0. The molecule has 188 valence electrons. The number of likely N-dealkylation sites (tertiary alicyclic amines) is 2. The van der Waals surface area contributed by atoms with Gasteiger partial charge in [0.05, 0.1) is 13.7 Å². The molecule has 1 unspecified atom stereocenters. The summed E-state index contributed by atoms with van der Waals surface area (Å²) >= 11 is 0. The fourth-order valence-corrected chi connectivity index (χ4v) is 5.45. The maximum atomic E-state index is 13.4. The molecule has 2 aromatic carbocycles. The van der Waals surface area contributed by atoms with E-state index in [0.717, 1.165) is 50.6 Å². The summed E-state index contributed by atoms with van der Waals surface area (Å²) in [5.74, 6) is 0.239. The zero-order valence-electron chi connectivity index (χ0n) is 20.2. The molecule has 35 heavy (non-hydrogen) atoms. The van der Waals surface area contributed by atoms with E-state index in [1.165, 1.54) is 29.8 Å². The van der Waals surface area contributed by atoms with E-state index < -0.39 is 11.6 Å². The molecule has 0 radical (unpaired) electrons. The number of halogens is 2. The van der Waals surface area contributed by atoms with E-state index in [-0.39, 0.29) is 18.6 Å². The number of methoxy groups -OCH3 is 1. The van der Waals surface area contributed by atoms with E-state index in [9.17, 15) is 18.7 Å². The molecule has 4 rings (SSSR count). The highest BCUT2D eigenvalue weighted by Gasteiger charge is 2.33. The Morgan fingerprint density at radius 1 is 1.03 bits per heavy atom. The number of hydrogen-bond donors (Lipinski definition) is 1. The molecule has 2 aliphatic heterocycles. The summed E-state index contributed by atoms with van der Waals surface area (Å²) in [4.78, 5) is 16.8. The predicted molar refractivity (Wildman–Crippen MR) is 132 cm³/mol. The van der Waals surface area contributed by atoms with Gasteiger partial charge in [-0.25, -0.2) is 8.78 Å². The van der Waals surface area contributed by atoms with Crippen molar-refractivity contribution in [2.45, 2.75) is 37.6 Å². The van der Waals surface area contributed by atoms with Crippen molar-refractivity contribution in [1.29, 1.82) is 0 Å². The monoisotopic (exact) mass is 484 g/mol. The van der Waals surface area contributed by atoms with Gasteiger partial charge in [0.1, 0.15) is 17.4 Å². The van der Waals surface area contributed by atoms with Crippen LogP contribution in [-0.4, -0.2) is 66.8 Å². The van der Waals surface area contributed by atoms with E-state index in [0.29, 0.717) is 30.5 Å². The van der Waals surface area contributed by atoms with Crippen LogP contribution < -0.4 is 4.74 Å². The van der Waals surface area contributed by atoms with Gasteiger partial charge in [0.25, 0.3) is 0 Å². The molecule has 0 bridgehead atoms. The molecule has 7 heteroatoms. The highest BCUT2D eigenvalue weighted by Crippen LogP contribution is 2.32. The van der Waals surface area contributed by atoms with Crippen LogP contribution in [0, 0.1) is 17.6 Å². The number of piperidine rings is 2. The van der Waals surface area contributed by atoms with Crippen LogP contribution >= 0.6 is 0 Å². The molecule has 0 spiro atoms. The topological polar surface area (TPSA) is 53.0 Å². The van der Waals surface area contributed by atoms with Gasteiger partial charge in [0, 0.05) is 31.3 Å². The van der Waals surface area contributed by atoms with Crippen LogP contribution in [0.4, 0.5) is 8.78 Å². The van der Waals surface area contributed by atoms with Gasteiger partial charge in [0.2, 0.25) is 5.91 Å². The maximum absolute atomic E-state index is 13.4. The van der Waals surface area contributed by atoms with Crippen LogP contribution in [0.1, 0.15) is 42.7 Å². The number of ether oxygens (including phenoxy) is 1. The molecule has 0 aliphatic carbocycles. The van der Waals surface area contributed by atoms with Gasteiger partial charge >= 0.3 is 0 Å². The number of hydrogen-bond acceptors (Lipinski definition) is 4. The van der Waals surface area contributed by atoms with Gasteiger partial charge < -0.3 is 14.7 Å². The van der Waals surface area contributed by atoms with Crippen molar-refractivity contribution >= 4 is 12.0 Å². The lowest BCUT2D eigenvalue weighted by atomic mass is 9.85. The van der Waals surface area contributed by atoms with Crippen molar-refractivity contribution < 1.29 is 23.4 Å². The third-order valence-electron chi connectivity index (χ3n) is 7.47. The Morgan fingerprint density at radius 3 is 2.23 bits per heavy atom. The van der Waals surface area contributed by atoms with Gasteiger partial charge in [-0.1, -0.05) is 12.1 Å². The summed E-state index contributed by atoms with van der Waals surface area (Å²) < 4.78 is 32.0. The predicted octanol–water partition coefficient (Wildman–Crippen LogP) is 4.47. The zero-order chi connectivity index (χ0) is 24.8. The Balaban J connectivity index is 1.27. The fourth-order valence-electron chi connectivity index (χ4n) is 5.45. The molecule has 0 aromatic heterocycles. The summed E-state index contributed by atoms with van der Waals surface area (Å²) in [6, 6.07) is 11.6. The number of aliphatic hydroxyl groups excluding tert-OH is 1. The Kier molecular flexibility index (Phi) is 8.52. The first-order valence-electron chi connectivity index (χ1n) is 12.4. The van der Waals surface area contributed by atoms with Crippen molar-refractivity contribution in [2.75, 3.05) is 39.9 Å². The minimum atomic E-state index is -0.666. The lowest BCUT2D eigenvalue weighted by molar-refractivity contribution is -0.127. The van der Waals surface area contributed by atoms with Crippen LogP contribution in [0.25, 0.3) is 6.08 Å². The number of benzene rings is 2. The van der Waals surface area contributed by atoms with Crippen LogP contribution in [0.5, 0.6) is 5.75 Å². The van der Waals surface area contributed by atoms with Crippen molar-refractivity contribution in [3.8, 4) is 5.75 Å². The second-order valence-corrected chi connectivity index (χ2v) is 9.53. The minimum Gasteiger partial charge on any atom is -0.497 e. The van der Waals surface area contributed by atoms with Gasteiger partial charge in [-0.2, -0.15) is 0 Å². The minimum absolute atomic E-state index is 0.106. The molecule has 1 amide bonds. The Labute approximate surface area is 206 Å². The molecule has 2 heterocycles. The van der Waals surface area contributed by atoms with E-state index in [4.69, 9.17) is 4.74 Å². The molecule has 1 N–H and O–H groups in total. The number of carbonyl (C=O) groups is 1. The number of amides is 1. The number of rotatable bonds is 7. The SMILES string of the molecule is COc1ccc(C2CCN(C(CO)C3CCN(C(=O)C=Cc4cc(F)cc(F)c4)CC3)CC2)cc1. The van der Waals surface area contributed by atoms with Gasteiger partial charge in [-0.05, 0) is 92.1 Å². The molecule has 2 saturated heterocycles. The number of nitrogens with zero attached hydrogens (tertiary/aromatic N) is 2. The summed E-state index contributed by atoms with van der Waals surface area (Å²) in [7, 11) is 1.68. The van der Waals surface area contributed by atoms with Crippen molar-refractivity contribution in [1.82, 2.24) is 9.80 Å². The Bertz CT molecular complexity index is 991. The quantitative estimate of drug-likeness (QED) is 0.590. The lowest BCUT2D eigenvalue weighted by Crippen LogP contribution is -2.50.